The Labute approximate surface area is 145 Å². The molecule has 2 amide bonds. The van der Waals surface area contributed by atoms with Crippen molar-refractivity contribution < 1.29 is 22.8 Å². The highest BCUT2D eigenvalue weighted by molar-refractivity contribution is 7.09. The normalized spacial score (nSPS) is 14.7. The molecule has 1 aromatic carbocycles. The standard InChI is InChI=1S/C16H14F3N3O2S/c1-9-20-12(8-25-9)16(24)22-6-4-21(5-7-22)15(23)10-2-3-11(17)14(19)13(10)18/h2-3,8H,4-7H2,1H3. The van der Waals surface area contributed by atoms with E-state index in [1.807, 2.05) is 0 Å². The largest absolute Gasteiger partial charge is 0.335 e. The molecule has 0 bridgehead atoms. The van der Waals surface area contributed by atoms with Crippen LogP contribution in [0.2, 0.25) is 0 Å². The number of hydrogen-bond acceptors (Lipinski definition) is 4. The smallest absolute Gasteiger partial charge is 0.273 e. The van der Waals surface area contributed by atoms with Crippen molar-refractivity contribution in [2.45, 2.75) is 6.92 Å². The van der Waals surface area contributed by atoms with Gasteiger partial charge in [-0.05, 0) is 19.1 Å². The summed E-state index contributed by atoms with van der Waals surface area (Å²) in [6.07, 6.45) is 0. The van der Waals surface area contributed by atoms with Crippen molar-refractivity contribution in [2.24, 2.45) is 0 Å². The van der Waals surface area contributed by atoms with Crippen LogP contribution in [-0.4, -0.2) is 52.8 Å². The van der Waals surface area contributed by atoms with Gasteiger partial charge in [-0.1, -0.05) is 0 Å². The highest BCUT2D eigenvalue weighted by Gasteiger charge is 2.28. The first-order valence-electron chi connectivity index (χ1n) is 7.52. The van der Waals surface area contributed by atoms with Gasteiger partial charge in [0.15, 0.2) is 17.5 Å². The van der Waals surface area contributed by atoms with Gasteiger partial charge in [0.25, 0.3) is 11.8 Å². The van der Waals surface area contributed by atoms with E-state index in [1.165, 1.54) is 16.2 Å². The fourth-order valence-corrected chi connectivity index (χ4v) is 3.18. The van der Waals surface area contributed by atoms with Gasteiger partial charge in [-0.15, -0.1) is 11.3 Å². The zero-order valence-corrected chi connectivity index (χ0v) is 14.1. The summed E-state index contributed by atoms with van der Waals surface area (Å²) in [5, 5.41) is 2.46. The predicted octanol–water partition coefficient (Wildman–Crippen LogP) is 2.47. The molecule has 5 nitrogen and oxygen atoms in total. The maximum absolute atomic E-state index is 13.8. The number of amides is 2. The lowest BCUT2D eigenvalue weighted by Crippen LogP contribution is -2.50. The molecule has 1 aromatic heterocycles. The Hall–Kier alpha value is -2.42. The van der Waals surface area contributed by atoms with Crippen molar-refractivity contribution >= 4 is 23.2 Å². The monoisotopic (exact) mass is 369 g/mol. The van der Waals surface area contributed by atoms with Crippen LogP contribution in [0.25, 0.3) is 0 Å². The molecule has 0 spiro atoms. The summed E-state index contributed by atoms with van der Waals surface area (Å²) in [4.78, 5) is 31.6. The highest BCUT2D eigenvalue weighted by atomic mass is 32.1. The summed E-state index contributed by atoms with van der Waals surface area (Å²) in [5.74, 6) is -5.47. The maximum atomic E-state index is 13.8. The number of halogens is 3. The molecule has 0 N–H and O–H groups in total. The second-order valence-corrected chi connectivity index (χ2v) is 6.62. The molecule has 0 unspecified atom stereocenters. The SMILES string of the molecule is Cc1nc(C(=O)N2CCN(C(=O)c3ccc(F)c(F)c3F)CC2)cs1. The van der Waals surface area contributed by atoms with Crippen molar-refractivity contribution in [3.8, 4) is 0 Å². The minimum Gasteiger partial charge on any atom is -0.335 e. The van der Waals surface area contributed by atoms with E-state index < -0.39 is 28.9 Å². The molecule has 1 saturated heterocycles. The molecule has 3 rings (SSSR count). The van der Waals surface area contributed by atoms with Gasteiger partial charge in [0, 0.05) is 31.6 Å². The summed E-state index contributed by atoms with van der Waals surface area (Å²) in [7, 11) is 0. The second-order valence-electron chi connectivity index (χ2n) is 5.56. The summed E-state index contributed by atoms with van der Waals surface area (Å²) in [5.41, 5.74) is -0.164. The molecule has 0 saturated carbocycles. The van der Waals surface area contributed by atoms with Crippen LogP contribution in [0.1, 0.15) is 25.9 Å². The quantitative estimate of drug-likeness (QED) is 0.765. The molecule has 1 aliphatic heterocycles. The Morgan fingerprint density at radius 2 is 1.60 bits per heavy atom. The zero-order valence-electron chi connectivity index (χ0n) is 13.3. The van der Waals surface area contributed by atoms with E-state index in [-0.39, 0.29) is 32.1 Å². The molecule has 0 atom stereocenters. The molecular formula is C16H14F3N3O2S. The molecular weight excluding hydrogens is 355 g/mol. The van der Waals surface area contributed by atoms with E-state index in [2.05, 4.69) is 4.98 Å². The van der Waals surface area contributed by atoms with Gasteiger partial charge < -0.3 is 9.80 Å². The van der Waals surface area contributed by atoms with E-state index in [4.69, 9.17) is 0 Å². The van der Waals surface area contributed by atoms with Crippen LogP contribution in [0.3, 0.4) is 0 Å². The molecule has 0 aliphatic carbocycles. The molecule has 0 radical (unpaired) electrons. The fraction of sp³-hybridized carbons (Fsp3) is 0.312. The van der Waals surface area contributed by atoms with Crippen LogP contribution >= 0.6 is 11.3 Å². The van der Waals surface area contributed by atoms with Crippen LogP contribution in [0.4, 0.5) is 13.2 Å². The number of hydrogen-bond donors (Lipinski definition) is 0. The molecule has 132 valence electrons. The van der Waals surface area contributed by atoms with Gasteiger partial charge in [-0.25, -0.2) is 18.2 Å². The van der Waals surface area contributed by atoms with E-state index in [1.54, 1.807) is 17.2 Å². The first-order chi connectivity index (χ1) is 11.9. The minimum atomic E-state index is -1.67. The number of piperazine rings is 1. The number of thiazole rings is 1. The van der Waals surface area contributed by atoms with Gasteiger partial charge in [0.1, 0.15) is 5.69 Å². The highest BCUT2D eigenvalue weighted by Crippen LogP contribution is 2.18. The van der Waals surface area contributed by atoms with Crippen molar-refractivity contribution in [3.05, 3.63) is 51.2 Å². The van der Waals surface area contributed by atoms with Crippen molar-refractivity contribution in [2.75, 3.05) is 26.2 Å². The Kier molecular flexibility index (Phi) is 4.76. The summed E-state index contributed by atoms with van der Waals surface area (Å²) >= 11 is 1.37. The predicted molar refractivity (Wildman–Crippen MR) is 85.0 cm³/mol. The molecule has 1 aliphatic rings. The van der Waals surface area contributed by atoms with Crippen LogP contribution < -0.4 is 0 Å². The summed E-state index contributed by atoms with van der Waals surface area (Å²) in [6, 6.07) is 1.64. The Bertz CT molecular complexity index is 832. The van der Waals surface area contributed by atoms with Crippen molar-refractivity contribution in [1.82, 2.24) is 14.8 Å². The number of benzene rings is 1. The van der Waals surface area contributed by atoms with E-state index in [9.17, 15) is 22.8 Å². The van der Waals surface area contributed by atoms with Gasteiger partial charge >= 0.3 is 0 Å². The fourth-order valence-electron chi connectivity index (χ4n) is 2.60. The third-order valence-corrected chi connectivity index (χ3v) is 4.73. The molecule has 2 aromatic rings. The summed E-state index contributed by atoms with van der Waals surface area (Å²) in [6.45, 7) is 2.66. The first-order valence-corrected chi connectivity index (χ1v) is 8.40. The van der Waals surface area contributed by atoms with E-state index in [0.29, 0.717) is 5.69 Å². The Morgan fingerprint density at radius 3 is 2.16 bits per heavy atom. The van der Waals surface area contributed by atoms with Gasteiger partial charge in [-0.3, -0.25) is 9.59 Å². The van der Waals surface area contributed by atoms with E-state index in [0.717, 1.165) is 17.1 Å². The number of rotatable bonds is 2. The zero-order chi connectivity index (χ0) is 18.1. The van der Waals surface area contributed by atoms with Crippen LogP contribution in [0.15, 0.2) is 17.5 Å². The molecule has 25 heavy (non-hydrogen) atoms. The van der Waals surface area contributed by atoms with E-state index >= 15 is 0 Å². The average Bonchev–Trinajstić information content (AvgIpc) is 3.05. The number of carbonyl (C=O) groups excluding carboxylic acids is 2. The lowest BCUT2D eigenvalue weighted by atomic mass is 10.1. The van der Waals surface area contributed by atoms with Crippen LogP contribution in [0, 0.1) is 24.4 Å². The first kappa shape index (κ1) is 17.4. The van der Waals surface area contributed by atoms with Gasteiger partial charge in [0.05, 0.1) is 10.6 Å². The summed E-state index contributed by atoms with van der Waals surface area (Å²) < 4.78 is 40.0. The van der Waals surface area contributed by atoms with Crippen LogP contribution in [0.5, 0.6) is 0 Å². The number of carbonyl (C=O) groups is 2. The second kappa shape index (κ2) is 6.83. The van der Waals surface area contributed by atoms with Gasteiger partial charge in [-0.2, -0.15) is 0 Å². The molecule has 2 heterocycles. The third-order valence-electron chi connectivity index (χ3n) is 3.96. The molecule has 9 heteroatoms. The Morgan fingerprint density at radius 1 is 1.00 bits per heavy atom. The minimum absolute atomic E-state index is 0.173. The number of aryl methyl sites for hydroxylation is 1. The average molecular weight is 369 g/mol. The Balaban J connectivity index is 1.67. The molecule has 1 fully saturated rings. The lowest BCUT2D eigenvalue weighted by molar-refractivity contribution is 0.0529. The van der Waals surface area contributed by atoms with Gasteiger partial charge in [0.2, 0.25) is 0 Å². The third kappa shape index (κ3) is 3.37. The number of aromatic nitrogens is 1. The topological polar surface area (TPSA) is 53.5 Å². The number of nitrogens with zero attached hydrogens (tertiary/aromatic N) is 3. The van der Waals surface area contributed by atoms with Crippen molar-refractivity contribution in [3.63, 3.8) is 0 Å². The lowest BCUT2D eigenvalue weighted by Gasteiger charge is -2.34. The van der Waals surface area contributed by atoms with Crippen LogP contribution in [-0.2, 0) is 0 Å². The maximum Gasteiger partial charge on any atom is 0.273 e. The van der Waals surface area contributed by atoms with Crippen molar-refractivity contribution in [1.29, 1.82) is 0 Å².